The molecule has 12 heteroatoms. The molecule has 1 fully saturated rings. The lowest BCUT2D eigenvalue weighted by atomic mass is 9.93. The second-order valence-electron chi connectivity index (χ2n) is 9.79. The molecular weight excluding hydrogens is 512 g/mol. The van der Waals surface area contributed by atoms with Gasteiger partial charge in [0.1, 0.15) is 11.7 Å². The minimum atomic E-state index is -0.293. The average molecular weight is 549 g/mol. The number of hydrogen-bond donors (Lipinski definition) is 4. The van der Waals surface area contributed by atoms with E-state index in [1.54, 1.807) is 18.5 Å². The number of benzene rings is 1. The molecule has 2 aliphatic rings. The first-order valence-electron chi connectivity index (χ1n) is 13.5. The first-order chi connectivity index (χ1) is 19.3. The monoisotopic (exact) mass is 548 g/mol. The minimum absolute atomic E-state index is 0.148. The van der Waals surface area contributed by atoms with E-state index in [9.17, 15) is 14.4 Å². The van der Waals surface area contributed by atoms with E-state index in [0.29, 0.717) is 35.9 Å². The van der Waals surface area contributed by atoms with Crippen molar-refractivity contribution in [2.24, 2.45) is 10.7 Å². The summed E-state index contributed by atoms with van der Waals surface area (Å²) < 4.78 is 0. The average Bonchev–Trinajstić information content (AvgIpc) is 3.08. The number of carbonyl (C=O) groups is 3. The molecule has 4 amide bonds. The van der Waals surface area contributed by atoms with Crippen LogP contribution < -0.4 is 21.7 Å². The molecule has 0 saturated heterocycles. The van der Waals surface area contributed by atoms with E-state index in [1.807, 2.05) is 25.1 Å². The van der Waals surface area contributed by atoms with Gasteiger partial charge < -0.3 is 21.7 Å². The molecule has 1 aromatic carbocycles. The molecule has 0 atom stereocenters. The Morgan fingerprint density at radius 1 is 1.12 bits per heavy atom. The zero-order valence-corrected chi connectivity index (χ0v) is 22.9. The number of amidine groups is 1. The first kappa shape index (κ1) is 28.7. The van der Waals surface area contributed by atoms with Gasteiger partial charge in [-0.2, -0.15) is 0 Å². The number of rotatable bonds is 11. The molecule has 12 nitrogen and oxygen atoms in total. The fraction of sp³-hybridized carbons (Fsp3) is 0.429. The van der Waals surface area contributed by atoms with Crippen LogP contribution in [0.15, 0.2) is 41.2 Å². The lowest BCUT2D eigenvalue weighted by molar-refractivity contribution is -0.181. The Balaban J connectivity index is 1.41. The van der Waals surface area contributed by atoms with Crippen molar-refractivity contribution in [1.82, 2.24) is 31.0 Å². The summed E-state index contributed by atoms with van der Waals surface area (Å²) in [5.41, 5.74) is 9.68. The third kappa shape index (κ3) is 7.85. The largest absolute Gasteiger partial charge is 0.387 e. The number of aliphatic imine (C=N–C) groups is 1. The molecule has 0 bridgehead atoms. The fourth-order valence-electron chi connectivity index (χ4n) is 4.20. The first-order valence-corrected chi connectivity index (χ1v) is 13.5. The van der Waals surface area contributed by atoms with Crippen LogP contribution in [0.3, 0.4) is 0 Å². The molecule has 1 aliphatic heterocycles. The molecule has 1 aliphatic carbocycles. The van der Waals surface area contributed by atoms with Crippen molar-refractivity contribution in [3.8, 4) is 11.1 Å². The molecule has 0 spiro atoms. The van der Waals surface area contributed by atoms with Gasteiger partial charge in [0.15, 0.2) is 0 Å². The number of hydrogen-bond acceptors (Lipinski definition) is 8. The highest BCUT2D eigenvalue weighted by Crippen LogP contribution is 2.31. The highest BCUT2D eigenvalue weighted by molar-refractivity contribution is 6.05. The molecule has 0 radical (unpaired) electrons. The molecule has 5 N–H and O–H groups in total. The number of carbonyl (C=O) groups excluding carboxylic acids is 3. The zero-order valence-electron chi connectivity index (χ0n) is 22.9. The Morgan fingerprint density at radius 3 is 2.58 bits per heavy atom. The van der Waals surface area contributed by atoms with Gasteiger partial charge in [0.05, 0.1) is 18.8 Å². The predicted octanol–water partition coefficient (Wildman–Crippen LogP) is 2.58. The van der Waals surface area contributed by atoms with E-state index in [4.69, 9.17) is 10.6 Å². The summed E-state index contributed by atoms with van der Waals surface area (Å²) >= 11 is 0. The second kappa shape index (κ2) is 13.7. The van der Waals surface area contributed by atoms with Crippen LogP contribution in [0.2, 0.25) is 0 Å². The number of urea groups is 1. The van der Waals surface area contributed by atoms with Crippen molar-refractivity contribution in [3.05, 3.63) is 47.6 Å². The van der Waals surface area contributed by atoms with Crippen molar-refractivity contribution in [3.63, 3.8) is 0 Å². The molecule has 2 heterocycles. The number of amides is 4. The lowest BCUT2D eigenvalue weighted by Gasteiger charge is -2.26. The number of aromatic nitrogens is 2. The van der Waals surface area contributed by atoms with Crippen LogP contribution in [0.5, 0.6) is 0 Å². The van der Waals surface area contributed by atoms with Crippen LogP contribution in [0.1, 0.15) is 57.3 Å². The zero-order chi connectivity index (χ0) is 28.5. The van der Waals surface area contributed by atoms with Gasteiger partial charge >= 0.3 is 6.03 Å². The number of nitrogens with zero attached hydrogens (tertiary/aromatic N) is 4. The van der Waals surface area contributed by atoms with E-state index in [-0.39, 0.29) is 50.0 Å². The van der Waals surface area contributed by atoms with Gasteiger partial charge in [0, 0.05) is 61.6 Å². The Kier molecular flexibility index (Phi) is 9.79. The van der Waals surface area contributed by atoms with Gasteiger partial charge in [-0.3, -0.25) is 14.4 Å². The van der Waals surface area contributed by atoms with Crippen molar-refractivity contribution in [2.75, 3.05) is 19.7 Å². The molecule has 4 rings (SSSR count). The molecular formula is C28H36N8O4. The van der Waals surface area contributed by atoms with E-state index < -0.39 is 0 Å². The van der Waals surface area contributed by atoms with Crippen LogP contribution in [0, 0.1) is 0 Å². The Bertz CT molecular complexity index is 1290. The van der Waals surface area contributed by atoms with Crippen molar-refractivity contribution < 1.29 is 19.2 Å². The van der Waals surface area contributed by atoms with Gasteiger partial charge in [-0.25, -0.2) is 24.8 Å². The molecule has 2 aromatic rings. The van der Waals surface area contributed by atoms with Crippen molar-refractivity contribution in [2.45, 2.75) is 58.5 Å². The number of nitrogens with one attached hydrogen (secondary N) is 3. The van der Waals surface area contributed by atoms with Gasteiger partial charge in [0.25, 0.3) is 5.91 Å². The Morgan fingerprint density at radius 2 is 1.90 bits per heavy atom. The van der Waals surface area contributed by atoms with Gasteiger partial charge in [-0.1, -0.05) is 19.1 Å². The SMILES string of the molecule is CCCN(OCCNC(=O)NC1CCC1)C(=O)C1=Cc2ccc(-c3cnc(CNC(C)=O)nc3)cc2N=C(N)C1. The summed E-state index contributed by atoms with van der Waals surface area (Å²) in [5, 5.41) is 9.67. The molecule has 0 unspecified atom stereocenters. The summed E-state index contributed by atoms with van der Waals surface area (Å²) in [4.78, 5) is 55.4. The Labute approximate surface area is 233 Å². The standard InChI is InChI=1S/C28H36N8O4/c1-3-10-36(40-11-9-30-28(39)34-23-5-4-6-23)27(38)21-12-20-8-7-19(13-24(20)35-25(29)14-21)22-15-32-26(33-16-22)17-31-18(2)37/h7-8,12-13,15-16,23H,3-6,9-11,14,17H2,1-2H3,(H2,29,35)(H,31,37)(H2,30,34,39). The van der Waals surface area contributed by atoms with Crippen molar-refractivity contribution >= 4 is 35.4 Å². The highest BCUT2D eigenvalue weighted by Gasteiger charge is 2.23. The van der Waals surface area contributed by atoms with Crippen LogP contribution in [0.4, 0.5) is 10.5 Å². The fourth-order valence-corrected chi connectivity index (χ4v) is 4.20. The molecule has 212 valence electrons. The molecule has 1 aromatic heterocycles. The molecule has 1 saturated carbocycles. The van der Waals surface area contributed by atoms with E-state index in [2.05, 4.69) is 30.9 Å². The minimum Gasteiger partial charge on any atom is -0.387 e. The maximum Gasteiger partial charge on any atom is 0.315 e. The highest BCUT2D eigenvalue weighted by atomic mass is 16.7. The third-order valence-corrected chi connectivity index (χ3v) is 6.53. The second-order valence-corrected chi connectivity index (χ2v) is 9.79. The smallest absolute Gasteiger partial charge is 0.315 e. The summed E-state index contributed by atoms with van der Waals surface area (Å²) in [7, 11) is 0. The molecule has 40 heavy (non-hydrogen) atoms. The van der Waals surface area contributed by atoms with Gasteiger partial charge in [0.2, 0.25) is 5.91 Å². The Hall–Kier alpha value is -4.32. The quantitative estimate of drug-likeness (QED) is 0.248. The van der Waals surface area contributed by atoms with Crippen LogP contribution in [-0.2, 0) is 21.0 Å². The maximum atomic E-state index is 13.4. The summed E-state index contributed by atoms with van der Waals surface area (Å²) in [6.07, 6.45) is 9.20. The van der Waals surface area contributed by atoms with Crippen LogP contribution >= 0.6 is 0 Å². The van der Waals surface area contributed by atoms with Crippen LogP contribution in [0.25, 0.3) is 17.2 Å². The summed E-state index contributed by atoms with van der Waals surface area (Å²) in [6, 6.07) is 5.68. The summed E-state index contributed by atoms with van der Waals surface area (Å²) in [5.74, 6) is 0.375. The van der Waals surface area contributed by atoms with E-state index in [0.717, 1.165) is 36.0 Å². The van der Waals surface area contributed by atoms with Gasteiger partial charge in [-0.15, -0.1) is 0 Å². The number of nitrogens with two attached hydrogens (primary N) is 1. The van der Waals surface area contributed by atoms with Gasteiger partial charge in [-0.05, 0) is 43.4 Å². The maximum absolute atomic E-state index is 13.4. The van der Waals surface area contributed by atoms with E-state index in [1.165, 1.54) is 12.0 Å². The number of fused-ring (bicyclic) bond motifs is 1. The third-order valence-electron chi connectivity index (χ3n) is 6.53. The van der Waals surface area contributed by atoms with Crippen LogP contribution in [-0.4, -0.2) is 64.5 Å². The lowest BCUT2D eigenvalue weighted by Crippen LogP contribution is -2.46. The topological polar surface area (TPSA) is 164 Å². The summed E-state index contributed by atoms with van der Waals surface area (Å²) in [6.45, 7) is 4.48. The predicted molar refractivity (Wildman–Crippen MR) is 151 cm³/mol. The van der Waals surface area contributed by atoms with Crippen molar-refractivity contribution in [1.29, 1.82) is 0 Å². The normalized spacial score (nSPS) is 14.6. The van der Waals surface area contributed by atoms with E-state index >= 15 is 0 Å². The number of hydroxylamine groups is 2.